The second kappa shape index (κ2) is 7.25. The second-order valence-electron chi connectivity index (χ2n) is 5.04. The quantitative estimate of drug-likeness (QED) is 0.729. The Balaban J connectivity index is 2.15. The van der Waals surface area contributed by atoms with Gasteiger partial charge in [0.1, 0.15) is 5.75 Å². The van der Waals surface area contributed by atoms with Gasteiger partial charge in [0.2, 0.25) is 0 Å². The van der Waals surface area contributed by atoms with Crippen molar-refractivity contribution in [3.63, 3.8) is 0 Å². The number of nitrogens with zero attached hydrogens (tertiary/aromatic N) is 1. The number of halogens is 1. The van der Waals surface area contributed by atoms with E-state index in [-0.39, 0.29) is 0 Å². The zero-order chi connectivity index (χ0) is 14.5. The summed E-state index contributed by atoms with van der Waals surface area (Å²) in [5.41, 5.74) is 1.26. The first kappa shape index (κ1) is 15.5. The molecule has 2 nitrogen and oxygen atoms in total. The van der Waals surface area contributed by atoms with Crippen molar-refractivity contribution in [2.45, 2.75) is 33.0 Å². The molecule has 4 heteroatoms. The van der Waals surface area contributed by atoms with Gasteiger partial charge in [0.05, 0.1) is 7.11 Å². The first-order valence-corrected chi connectivity index (χ1v) is 8.36. The fraction of sp³-hybridized carbons (Fsp3) is 0.375. The highest BCUT2D eigenvalue weighted by atomic mass is 79.9. The Morgan fingerprint density at radius 3 is 2.65 bits per heavy atom. The van der Waals surface area contributed by atoms with Crippen LogP contribution in [0.2, 0.25) is 0 Å². The van der Waals surface area contributed by atoms with E-state index in [0.717, 1.165) is 23.3 Å². The summed E-state index contributed by atoms with van der Waals surface area (Å²) in [5, 5.41) is 2.13. The van der Waals surface area contributed by atoms with Crippen LogP contribution in [-0.4, -0.2) is 18.1 Å². The maximum absolute atomic E-state index is 5.32. The predicted molar refractivity (Wildman–Crippen MR) is 89.4 cm³/mol. The number of ether oxygens (including phenoxy) is 1. The Hall–Kier alpha value is -0.840. The fourth-order valence-corrected chi connectivity index (χ4v) is 3.14. The molecule has 0 aliphatic heterocycles. The number of hydrogen-bond acceptors (Lipinski definition) is 3. The van der Waals surface area contributed by atoms with Crippen LogP contribution in [-0.2, 0) is 13.1 Å². The molecule has 2 aromatic rings. The molecule has 0 N–H and O–H groups in total. The summed E-state index contributed by atoms with van der Waals surface area (Å²) < 4.78 is 6.45. The third-order valence-electron chi connectivity index (χ3n) is 3.30. The lowest BCUT2D eigenvalue weighted by Gasteiger charge is -2.26. The van der Waals surface area contributed by atoms with Gasteiger partial charge in [0, 0.05) is 28.5 Å². The van der Waals surface area contributed by atoms with E-state index in [9.17, 15) is 0 Å². The highest BCUT2D eigenvalue weighted by molar-refractivity contribution is 9.10. The number of thiophene rings is 1. The molecule has 0 aliphatic rings. The van der Waals surface area contributed by atoms with E-state index in [1.165, 1.54) is 10.4 Å². The van der Waals surface area contributed by atoms with E-state index in [0.29, 0.717) is 6.04 Å². The molecule has 0 fully saturated rings. The van der Waals surface area contributed by atoms with Gasteiger partial charge in [-0.25, -0.2) is 0 Å². The number of rotatable bonds is 6. The first-order chi connectivity index (χ1) is 9.60. The third-order valence-corrected chi connectivity index (χ3v) is 4.93. The van der Waals surface area contributed by atoms with Gasteiger partial charge in [-0.3, -0.25) is 4.90 Å². The van der Waals surface area contributed by atoms with Gasteiger partial charge < -0.3 is 4.74 Å². The Bertz CT molecular complexity index is 539. The summed E-state index contributed by atoms with van der Waals surface area (Å²) in [4.78, 5) is 3.86. The Morgan fingerprint density at radius 1 is 1.25 bits per heavy atom. The summed E-state index contributed by atoms with van der Waals surface area (Å²) in [5.74, 6) is 0.906. The van der Waals surface area contributed by atoms with Crippen molar-refractivity contribution < 1.29 is 4.74 Å². The van der Waals surface area contributed by atoms with E-state index in [2.05, 4.69) is 64.3 Å². The van der Waals surface area contributed by atoms with Gasteiger partial charge in [0.25, 0.3) is 0 Å². The fourth-order valence-electron chi connectivity index (χ4n) is 2.04. The van der Waals surface area contributed by atoms with Gasteiger partial charge >= 0.3 is 0 Å². The first-order valence-electron chi connectivity index (χ1n) is 6.69. The van der Waals surface area contributed by atoms with Crippen LogP contribution in [0.15, 0.2) is 40.2 Å². The predicted octanol–water partition coefficient (Wildman–Crippen LogP) is 4.93. The van der Waals surface area contributed by atoms with Gasteiger partial charge in [-0.15, -0.1) is 11.3 Å². The zero-order valence-corrected chi connectivity index (χ0v) is 14.5. The summed E-state index contributed by atoms with van der Waals surface area (Å²) in [7, 11) is 1.71. The third kappa shape index (κ3) is 4.08. The smallest absolute Gasteiger partial charge is 0.119 e. The lowest BCUT2D eigenvalue weighted by Crippen LogP contribution is -2.29. The minimum atomic E-state index is 0.496. The monoisotopic (exact) mass is 353 g/mol. The highest BCUT2D eigenvalue weighted by Gasteiger charge is 2.13. The average molecular weight is 354 g/mol. The zero-order valence-electron chi connectivity index (χ0n) is 12.1. The SMILES string of the molecule is COc1ccc(Br)c(CN(Cc2cccs2)C(C)C)c1. The molecular weight excluding hydrogens is 334 g/mol. The normalized spacial score (nSPS) is 11.3. The molecule has 0 atom stereocenters. The maximum Gasteiger partial charge on any atom is 0.119 e. The molecule has 1 aromatic heterocycles. The number of hydrogen-bond donors (Lipinski definition) is 0. The summed E-state index contributed by atoms with van der Waals surface area (Å²) >= 11 is 5.45. The molecular formula is C16H20BrNOS. The van der Waals surface area contributed by atoms with Crippen LogP contribution in [0.5, 0.6) is 5.75 Å². The molecule has 2 rings (SSSR count). The second-order valence-corrected chi connectivity index (χ2v) is 6.92. The lowest BCUT2D eigenvalue weighted by molar-refractivity contribution is 0.205. The van der Waals surface area contributed by atoms with Crippen molar-refractivity contribution in [3.05, 3.63) is 50.6 Å². The van der Waals surface area contributed by atoms with E-state index in [1.54, 1.807) is 7.11 Å². The Labute approximate surface area is 133 Å². The largest absolute Gasteiger partial charge is 0.497 e. The molecule has 0 unspecified atom stereocenters. The molecule has 20 heavy (non-hydrogen) atoms. The van der Waals surface area contributed by atoms with Crippen LogP contribution >= 0.6 is 27.3 Å². The summed E-state index contributed by atoms with van der Waals surface area (Å²) in [6.45, 7) is 6.37. The van der Waals surface area contributed by atoms with Gasteiger partial charge in [-0.1, -0.05) is 22.0 Å². The van der Waals surface area contributed by atoms with Crippen molar-refractivity contribution in [2.24, 2.45) is 0 Å². The van der Waals surface area contributed by atoms with Crippen LogP contribution in [0.1, 0.15) is 24.3 Å². The summed E-state index contributed by atoms with van der Waals surface area (Å²) in [6, 6.07) is 10.9. The lowest BCUT2D eigenvalue weighted by atomic mass is 10.1. The van der Waals surface area contributed by atoms with Gasteiger partial charge in [-0.2, -0.15) is 0 Å². The Morgan fingerprint density at radius 2 is 2.05 bits per heavy atom. The number of benzene rings is 1. The van der Waals surface area contributed by atoms with Crippen molar-refractivity contribution in [1.82, 2.24) is 4.90 Å². The minimum absolute atomic E-state index is 0.496. The molecule has 0 amide bonds. The molecule has 0 saturated heterocycles. The molecule has 0 saturated carbocycles. The highest BCUT2D eigenvalue weighted by Crippen LogP contribution is 2.25. The molecule has 108 valence electrons. The standard InChI is InChI=1S/C16H20BrNOS/c1-12(2)18(11-15-5-4-8-20-15)10-13-9-14(19-3)6-7-16(13)17/h4-9,12H,10-11H2,1-3H3. The Kier molecular flexibility index (Phi) is 5.64. The van der Waals surface area contributed by atoms with Gasteiger partial charge in [0.15, 0.2) is 0 Å². The van der Waals surface area contributed by atoms with Crippen molar-refractivity contribution in [3.8, 4) is 5.75 Å². The molecule has 1 aromatic carbocycles. The molecule has 0 bridgehead atoms. The summed E-state index contributed by atoms with van der Waals surface area (Å²) in [6.07, 6.45) is 0. The van der Waals surface area contributed by atoms with Crippen LogP contribution in [0.3, 0.4) is 0 Å². The average Bonchev–Trinajstić information content (AvgIpc) is 2.93. The van der Waals surface area contributed by atoms with Crippen molar-refractivity contribution >= 4 is 27.3 Å². The van der Waals surface area contributed by atoms with Crippen LogP contribution in [0.25, 0.3) is 0 Å². The molecule has 0 spiro atoms. The van der Waals surface area contributed by atoms with E-state index in [4.69, 9.17) is 4.74 Å². The molecule has 0 radical (unpaired) electrons. The molecule has 0 aliphatic carbocycles. The van der Waals surface area contributed by atoms with Crippen LogP contribution in [0, 0.1) is 0 Å². The van der Waals surface area contributed by atoms with Gasteiger partial charge in [-0.05, 0) is 49.1 Å². The maximum atomic E-state index is 5.32. The van der Waals surface area contributed by atoms with Crippen molar-refractivity contribution in [1.29, 1.82) is 0 Å². The minimum Gasteiger partial charge on any atom is -0.497 e. The van der Waals surface area contributed by atoms with Crippen LogP contribution < -0.4 is 4.74 Å². The topological polar surface area (TPSA) is 12.5 Å². The van der Waals surface area contributed by atoms with E-state index in [1.807, 2.05) is 17.4 Å². The molecule has 1 heterocycles. The van der Waals surface area contributed by atoms with E-state index >= 15 is 0 Å². The van der Waals surface area contributed by atoms with E-state index < -0.39 is 0 Å². The van der Waals surface area contributed by atoms with Crippen molar-refractivity contribution in [2.75, 3.05) is 7.11 Å². The van der Waals surface area contributed by atoms with Crippen LogP contribution in [0.4, 0.5) is 0 Å². The number of methoxy groups -OCH3 is 1.